The van der Waals surface area contributed by atoms with Crippen molar-refractivity contribution < 1.29 is 9.53 Å². The molecule has 0 atom stereocenters. The van der Waals surface area contributed by atoms with Crippen LogP contribution < -0.4 is 0 Å². The molecule has 0 unspecified atom stereocenters. The molecule has 4 nitrogen and oxygen atoms in total. The first kappa shape index (κ1) is 18.9. The molecule has 3 rings (SSSR count). The molecule has 0 N–H and O–H groups in total. The van der Waals surface area contributed by atoms with Crippen molar-refractivity contribution in [3.63, 3.8) is 0 Å². The Balaban J connectivity index is 1.41. The van der Waals surface area contributed by atoms with Crippen molar-refractivity contribution in [2.45, 2.75) is 50.7 Å². The molecule has 1 aromatic carbocycles. The zero-order chi connectivity index (χ0) is 17.6. The van der Waals surface area contributed by atoms with E-state index in [2.05, 4.69) is 31.8 Å². The van der Waals surface area contributed by atoms with E-state index in [4.69, 9.17) is 4.74 Å². The highest BCUT2D eigenvalue weighted by Crippen LogP contribution is 2.23. The topological polar surface area (TPSA) is 32.8 Å². The van der Waals surface area contributed by atoms with Crippen LogP contribution in [0.1, 0.15) is 37.7 Å². The van der Waals surface area contributed by atoms with Gasteiger partial charge in [0, 0.05) is 50.2 Å². The molecule has 0 spiro atoms. The number of methoxy groups -OCH3 is 1. The molecule has 0 bridgehead atoms. The summed E-state index contributed by atoms with van der Waals surface area (Å²) in [5, 5.41) is 0. The standard InChI is InChI=1S/C20H29BrN2O2/c1-25-18-10-14-22(15-11-18)17-8-12-23(13-9-17)20(24)7-6-16-4-2-3-5-19(16)21/h2-5,17-18H,6-15H2,1H3. The fraction of sp³-hybridized carbons (Fsp3) is 0.650. The molecule has 1 aromatic rings. The molecule has 25 heavy (non-hydrogen) atoms. The van der Waals surface area contributed by atoms with Gasteiger partial charge in [-0.1, -0.05) is 34.1 Å². The van der Waals surface area contributed by atoms with E-state index in [1.54, 1.807) is 0 Å². The van der Waals surface area contributed by atoms with Crippen LogP contribution in [0.2, 0.25) is 0 Å². The minimum atomic E-state index is 0.298. The number of hydrogen-bond acceptors (Lipinski definition) is 3. The number of likely N-dealkylation sites (tertiary alicyclic amines) is 2. The van der Waals surface area contributed by atoms with E-state index in [1.807, 2.05) is 25.3 Å². The third-order valence-corrected chi connectivity index (χ3v) is 6.48. The maximum atomic E-state index is 12.5. The van der Waals surface area contributed by atoms with Gasteiger partial charge in [-0.05, 0) is 43.7 Å². The number of carbonyl (C=O) groups is 1. The Bertz CT molecular complexity index is 565. The van der Waals surface area contributed by atoms with E-state index in [1.165, 1.54) is 5.56 Å². The third-order valence-electron chi connectivity index (χ3n) is 5.71. The summed E-state index contributed by atoms with van der Waals surface area (Å²) in [6.07, 6.45) is 6.35. The van der Waals surface area contributed by atoms with Gasteiger partial charge in [-0.3, -0.25) is 4.79 Å². The van der Waals surface area contributed by atoms with Gasteiger partial charge in [-0.25, -0.2) is 0 Å². The molecule has 2 heterocycles. The minimum Gasteiger partial charge on any atom is -0.381 e. The van der Waals surface area contributed by atoms with Crippen LogP contribution in [-0.4, -0.2) is 61.1 Å². The highest BCUT2D eigenvalue weighted by molar-refractivity contribution is 9.10. The second-order valence-corrected chi connectivity index (χ2v) is 8.03. The highest BCUT2D eigenvalue weighted by atomic mass is 79.9. The fourth-order valence-electron chi connectivity index (χ4n) is 4.06. The molecular formula is C20H29BrN2O2. The Kier molecular flexibility index (Phi) is 6.91. The summed E-state index contributed by atoms with van der Waals surface area (Å²) >= 11 is 3.56. The molecule has 5 heteroatoms. The van der Waals surface area contributed by atoms with Crippen molar-refractivity contribution in [1.82, 2.24) is 9.80 Å². The highest BCUT2D eigenvalue weighted by Gasteiger charge is 2.29. The number of carbonyl (C=O) groups excluding carboxylic acids is 1. The van der Waals surface area contributed by atoms with Crippen LogP contribution >= 0.6 is 15.9 Å². The third kappa shape index (κ3) is 5.05. The van der Waals surface area contributed by atoms with Gasteiger partial charge >= 0.3 is 0 Å². The van der Waals surface area contributed by atoms with Gasteiger partial charge in [0.25, 0.3) is 0 Å². The first-order chi connectivity index (χ1) is 12.2. The zero-order valence-electron chi connectivity index (χ0n) is 15.1. The fourth-order valence-corrected chi connectivity index (χ4v) is 4.54. The summed E-state index contributed by atoms with van der Waals surface area (Å²) in [7, 11) is 1.82. The predicted molar refractivity (Wildman–Crippen MR) is 104 cm³/mol. The summed E-state index contributed by atoms with van der Waals surface area (Å²) in [5.74, 6) is 0.298. The van der Waals surface area contributed by atoms with Crippen molar-refractivity contribution in [3.05, 3.63) is 34.3 Å². The quantitative estimate of drug-likeness (QED) is 0.747. The smallest absolute Gasteiger partial charge is 0.222 e. The number of rotatable bonds is 5. The van der Waals surface area contributed by atoms with Gasteiger partial charge in [-0.2, -0.15) is 0 Å². The van der Waals surface area contributed by atoms with Crippen LogP contribution in [0.15, 0.2) is 28.7 Å². The van der Waals surface area contributed by atoms with Crippen LogP contribution in [-0.2, 0) is 16.0 Å². The Morgan fingerprint density at radius 3 is 2.44 bits per heavy atom. The molecule has 1 amide bonds. The van der Waals surface area contributed by atoms with Gasteiger partial charge in [0.1, 0.15) is 0 Å². The first-order valence-corrected chi connectivity index (χ1v) is 10.2. The molecular weight excluding hydrogens is 380 g/mol. The molecule has 2 aliphatic rings. The zero-order valence-corrected chi connectivity index (χ0v) is 16.7. The number of halogens is 1. The molecule has 0 aliphatic carbocycles. The van der Waals surface area contributed by atoms with E-state index in [9.17, 15) is 4.79 Å². The lowest BCUT2D eigenvalue weighted by atomic mass is 9.98. The van der Waals surface area contributed by atoms with Gasteiger partial charge < -0.3 is 14.5 Å². The monoisotopic (exact) mass is 408 g/mol. The Labute approximate surface area is 159 Å². The average molecular weight is 409 g/mol. The molecule has 0 radical (unpaired) electrons. The Morgan fingerprint density at radius 1 is 1.12 bits per heavy atom. The van der Waals surface area contributed by atoms with Crippen LogP contribution in [0.4, 0.5) is 0 Å². The first-order valence-electron chi connectivity index (χ1n) is 9.45. The largest absolute Gasteiger partial charge is 0.381 e. The Hall–Kier alpha value is -0.910. The average Bonchev–Trinajstić information content (AvgIpc) is 2.67. The lowest BCUT2D eigenvalue weighted by Gasteiger charge is -2.41. The van der Waals surface area contributed by atoms with E-state index in [0.29, 0.717) is 24.5 Å². The summed E-state index contributed by atoms with van der Waals surface area (Å²) in [4.78, 5) is 17.2. The molecule has 0 saturated carbocycles. The van der Waals surface area contributed by atoms with Crippen molar-refractivity contribution in [3.8, 4) is 0 Å². The maximum absolute atomic E-state index is 12.5. The summed E-state index contributed by atoms with van der Waals surface area (Å²) in [6, 6.07) is 8.81. The summed E-state index contributed by atoms with van der Waals surface area (Å²) < 4.78 is 6.56. The molecule has 0 aromatic heterocycles. The minimum absolute atomic E-state index is 0.298. The number of ether oxygens (including phenoxy) is 1. The number of nitrogens with zero attached hydrogens (tertiary/aromatic N) is 2. The van der Waals surface area contributed by atoms with Gasteiger partial charge in [0.15, 0.2) is 0 Å². The van der Waals surface area contributed by atoms with E-state index in [-0.39, 0.29) is 0 Å². The summed E-state index contributed by atoms with van der Waals surface area (Å²) in [6.45, 7) is 4.09. The number of aryl methyl sites for hydroxylation is 1. The van der Waals surface area contributed by atoms with E-state index in [0.717, 1.165) is 62.8 Å². The second kappa shape index (κ2) is 9.15. The SMILES string of the molecule is COC1CCN(C2CCN(C(=O)CCc3ccccc3Br)CC2)CC1. The lowest BCUT2D eigenvalue weighted by molar-refractivity contribution is -0.132. The van der Waals surface area contributed by atoms with Crippen molar-refractivity contribution in [2.75, 3.05) is 33.3 Å². The molecule has 2 fully saturated rings. The van der Waals surface area contributed by atoms with Gasteiger partial charge in [0.2, 0.25) is 5.91 Å². The van der Waals surface area contributed by atoms with Gasteiger partial charge in [0.05, 0.1) is 6.10 Å². The Morgan fingerprint density at radius 2 is 1.80 bits per heavy atom. The predicted octanol–water partition coefficient (Wildman–Crippen LogP) is 3.48. The normalized spacial score (nSPS) is 20.8. The van der Waals surface area contributed by atoms with Crippen LogP contribution in [0.5, 0.6) is 0 Å². The van der Waals surface area contributed by atoms with Crippen molar-refractivity contribution in [2.24, 2.45) is 0 Å². The number of amides is 1. The number of piperidine rings is 2. The van der Waals surface area contributed by atoms with E-state index < -0.39 is 0 Å². The maximum Gasteiger partial charge on any atom is 0.222 e. The van der Waals surface area contributed by atoms with Crippen LogP contribution in [0.25, 0.3) is 0 Å². The van der Waals surface area contributed by atoms with E-state index >= 15 is 0 Å². The van der Waals surface area contributed by atoms with Crippen LogP contribution in [0.3, 0.4) is 0 Å². The molecule has 2 aliphatic heterocycles. The second-order valence-electron chi connectivity index (χ2n) is 7.17. The summed E-state index contributed by atoms with van der Waals surface area (Å²) in [5.41, 5.74) is 1.21. The number of benzene rings is 1. The lowest BCUT2D eigenvalue weighted by Crippen LogP contribution is -2.49. The molecule has 138 valence electrons. The number of hydrogen-bond donors (Lipinski definition) is 0. The van der Waals surface area contributed by atoms with Crippen molar-refractivity contribution in [1.29, 1.82) is 0 Å². The molecule has 2 saturated heterocycles. The van der Waals surface area contributed by atoms with Gasteiger partial charge in [-0.15, -0.1) is 0 Å². The van der Waals surface area contributed by atoms with Crippen molar-refractivity contribution >= 4 is 21.8 Å². The van der Waals surface area contributed by atoms with Crippen LogP contribution in [0, 0.1) is 0 Å².